The maximum absolute atomic E-state index is 11.5. The minimum Gasteiger partial charge on any atom is -0.379 e. The van der Waals surface area contributed by atoms with E-state index in [2.05, 4.69) is 20.5 Å². The number of ether oxygens (including phenoxy) is 1. The highest BCUT2D eigenvalue weighted by Crippen LogP contribution is 2.06. The van der Waals surface area contributed by atoms with Crippen molar-refractivity contribution in [2.24, 2.45) is 0 Å². The number of nitrogens with zero attached hydrogens (tertiary/aromatic N) is 2. The van der Waals surface area contributed by atoms with Crippen LogP contribution in [0.3, 0.4) is 0 Å². The van der Waals surface area contributed by atoms with E-state index in [4.69, 9.17) is 4.74 Å². The van der Waals surface area contributed by atoms with Crippen LogP contribution in [0.4, 0.5) is 5.82 Å². The van der Waals surface area contributed by atoms with Crippen LogP contribution in [0.2, 0.25) is 0 Å². The van der Waals surface area contributed by atoms with Crippen LogP contribution in [0, 0.1) is 0 Å². The number of carbonyl (C=O) groups excluding carboxylic acids is 1. The molecule has 6 heteroatoms. The van der Waals surface area contributed by atoms with E-state index < -0.39 is 0 Å². The van der Waals surface area contributed by atoms with Crippen LogP contribution in [0.1, 0.15) is 24.2 Å². The Hall–Kier alpha value is -1.66. The molecule has 1 aromatic heterocycles. The Kier molecular flexibility index (Phi) is 8.38. The van der Waals surface area contributed by atoms with Crippen molar-refractivity contribution in [1.29, 1.82) is 0 Å². The van der Waals surface area contributed by atoms with Crippen LogP contribution in [-0.4, -0.2) is 62.2 Å². The third kappa shape index (κ3) is 6.10. The molecule has 0 spiro atoms. The van der Waals surface area contributed by atoms with Crippen molar-refractivity contribution < 1.29 is 9.53 Å². The molecular weight excluding hydrogens is 268 g/mol. The van der Waals surface area contributed by atoms with Gasteiger partial charge in [-0.05, 0) is 12.1 Å². The van der Waals surface area contributed by atoms with Gasteiger partial charge in [-0.15, -0.1) is 0 Å². The maximum atomic E-state index is 11.5. The number of hydrogen-bond donors (Lipinski definition) is 2. The van der Waals surface area contributed by atoms with E-state index in [1.54, 1.807) is 25.4 Å². The number of hydrogen-bond acceptors (Lipinski definition) is 5. The van der Waals surface area contributed by atoms with E-state index in [0.717, 1.165) is 45.2 Å². The summed E-state index contributed by atoms with van der Waals surface area (Å²) in [6.07, 6.45) is 1.64. The van der Waals surface area contributed by atoms with Crippen molar-refractivity contribution in [3.05, 3.63) is 23.9 Å². The van der Waals surface area contributed by atoms with Gasteiger partial charge in [0.15, 0.2) is 0 Å². The molecule has 1 aliphatic heterocycles. The van der Waals surface area contributed by atoms with Crippen molar-refractivity contribution in [3.8, 4) is 0 Å². The Morgan fingerprint density at radius 3 is 2.76 bits per heavy atom. The number of nitrogens with one attached hydrogen (secondary N) is 2. The Labute approximate surface area is 126 Å². The summed E-state index contributed by atoms with van der Waals surface area (Å²) in [7, 11) is 1.62. The lowest BCUT2D eigenvalue weighted by atomic mass is 10.2. The second-order valence-electron chi connectivity index (χ2n) is 4.39. The molecule has 0 radical (unpaired) electrons. The Bertz CT molecular complexity index is 420. The van der Waals surface area contributed by atoms with Crippen LogP contribution < -0.4 is 10.6 Å². The summed E-state index contributed by atoms with van der Waals surface area (Å²) < 4.78 is 5.30. The number of anilines is 1. The standard InChI is InChI=1S/C13H20N4O2.C2H6/c1-14-13(18)11-2-3-15-12(10-11)16-4-5-17-6-8-19-9-7-17;1-2/h2-3,10H,4-9H2,1H3,(H,14,18)(H,15,16);1-2H3. The first-order valence-electron chi connectivity index (χ1n) is 7.51. The molecule has 21 heavy (non-hydrogen) atoms. The average Bonchev–Trinajstić information content (AvgIpc) is 2.57. The molecule has 0 aromatic carbocycles. The lowest BCUT2D eigenvalue weighted by Gasteiger charge is -2.26. The molecule has 1 fully saturated rings. The predicted molar refractivity (Wildman–Crippen MR) is 84.7 cm³/mol. The van der Waals surface area contributed by atoms with Gasteiger partial charge in [0.1, 0.15) is 5.82 Å². The SMILES string of the molecule is CC.CNC(=O)c1ccnc(NCCN2CCOCC2)c1. The number of aromatic nitrogens is 1. The predicted octanol–water partition coefficient (Wildman–Crippen LogP) is 1.21. The fourth-order valence-electron chi connectivity index (χ4n) is 1.98. The molecule has 1 aliphatic rings. The highest BCUT2D eigenvalue weighted by Gasteiger charge is 2.09. The first kappa shape index (κ1) is 17.4. The highest BCUT2D eigenvalue weighted by molar-refractivity contribution is 5.94. The van der Waals surface area contributed by atoms with Gasteiger partial charge in [0.25, 0.3) is 5.91 Å². The molecule has 2 heterocycles. The van der Waals surface area contributed by atoms with Gasteiger partial charge in [0.05, 0.1) is 13.2 Å². The summed E-state index contributed by atoms with van der Waals surface area (Å²) in [5.74, 6) is 0.632. The van der Waals surface area contributed by atoms with E-state index in [9.17, 15) is 4.79 Å². The summed E-state index contributed by atoms with van der Waals surface area (Å²) in [5.41, 5.74) is 0.617. The number of morpholine rings is 1. The third-order valence-electron chi connectivity index (χ3n) is 3.09. The minimum atomic E-state index is -0.0985. The van der Waals surface area contributed by atoms with E-state index in [-0.39, 0.29) is 5.91 Å². The van der Waals surface area contributed by atoms with Crippen LogP contribution in [0.25, 0.3) is 0 Å². The van der Waals surface area contributed by atoms with Crippen molar-refractivity contribution >= 4 is 11.7 Å². The first-order valence-corrected chi connectivity index (χ1v) is 7.51. The molecule has 6 nitrogen and oxygen atoms in total. The van der Waals surface area contributed by atoms with Gasteiger partial charge in [-0.2, -0.15) is 0 Å². The van der Waals surface area contributed by atoms with Crippen LogP contribution in [0.5, 0.6) is 0 Å². The maximum Gasteiger partial charge on any atom is 0.251 e. The summed E-state index contributed by atoms with van der Waals surface area (Å²) in [6, 6.07) is 3.46. The average molecular weight is 294 g/mol. The molecular formula is C15H26N4O2. The molecule has 0 atom stereocenters. The Morgan fingerprint density at radius 1 is 1.38 bits per heavy atom. The van der Waals surface area contributed by atoms with Gasteiger partial charge in [-0.3, -0.25) is 9.69 Å². The summed E-state index contributed by atoms with van der Waals surface area (Å²) in [5, 5.41) is 5.84. The molecule has 0 aliphatic carbocycles. The number of carbonyl (C=O) groups is 1. The molecule has 1 aromatic rings. The van der Waals surface area contributed by atoms with E-state index >= 15 is 0 Å². The van der Waals surface area contributed by atoms with Crippen LogP contribution >= 0.6 is 0 Å². The van der Waals surface area contributed by atoms with Crippen molar-refractivity contribution in [2.75, 3.05) is 51.8 Å². The third-order valence-corrected chi connectivity index (χ3v) is 3.09. The topological polar surface area (TPSA) is 66.5 Å². The second kappa shape index (κ2) is 10.1. The fraction of sp³-hybridized carbons (Fsp3) is 0.600. The van der Waals surface area contributed by atoms with Gasteiger partial charge >= 0.3 is 0 Å². The first-order chi connectivity index (χ1) is 10.3. The molecule has 118 valence electrons. The van der Waals surface area contributed by atoms with Gasteiger partial charge in [-0.25, -0.2) is 4.98 Å². The summed E-state index contributed by atoms with van der Waals surface area (Å²) in [4.78, 5) is 18.0. The Balaban J connectivity index is 0.00000106. The van der Waals surface area contributed by atoms with E-state index in [0.29, 0.717) is 5.56 Å². The van der Waals surface area contributed by atoms with Gasteiger partial charge in [0.2, 0.25) is 0 Å². The molecule has 2 N–H and O–H groups in total. The fourth-order valence-corrected chi connectivity index (χ4v) is 1.98. The van der Waals surface area contributed by atoms with Crippen LogP contribution in [0.15, 0.2) is 18.3 Å². The molecule has 1 amide bonds. The lowest BCUT2D eigenvalue weighted by Crippen LogP contribution is -2.39. The normalized spacial score (nSPS) is 14.8. The Morgan fingerprint density at radius 2 is 2.10 bits per heavy atom. The quantitative estimate of drug-likeness (QED) is 0.854. The van der Waals surface area contributed by atoms with Gasteiger partial charge in [0, 0.05) is 45.0 Å². The molecule has 0 saturated carbocycles. The van der Waals surface area contributed by atoms with E-state index in [1.165, 1.54) is 0 Å². The van der Waals surface area contributed by atoms with Crippen molar-refractivity contribution in [2.45, 2.75) is 13.8 Å². The molecule has 2 rings (SSSR count). The van der Waals surface area contributed by atoms with Crippen molar-refractivity contribution in [3.63, 3.8) is 0 Å². The molecule has 0 bridgehead atoms. The number of amides is 1. The lowest BCUT2D eigenvalue weighted by molar-refractivity contribution is 0.0398. The summed E-state index contributed by atoms with van der Waals surface area (Å²) >= 11 is 0. The van der Waals surface area contributed by atoms with Gasteiger partial charge in [-0.1, -0.05) is 13.8 Å². The van der Waals surface area contributed by atoms with Crippen LogP contribution in [-0.2, 0) is 4.74 Å². The smallest absolute Gasteiger partial charge is 0.251 e. The largest absolute Gasteiger partial charge is 0.379 e. The zero-order valence-electron chi connectivity index (χ0n) is 13.2. The van der Waals surface area contributed by atoms with Crippen molar-refractivity contribution in [1.82, 2.24) is 15.2 Å². The molecule has 0 unspecified atom stereocenters. The zero-order valence-corrected chi connectivity index (χ0v) is 13.2. The summed E-state index contributed by atoms with van der Waals surface area (Å²) in [6.45, 7) is 9.34. The number of rotatable bonds is 5. The monoisotopic (exact) mass is 294 g/mol. The van der Waals surface area contributed by atoms with E-state index in [1.807, 2.05) is 13.8 Å². The molecule has 1 saturated heterocycles. The highest BCUT2D eigenvalue weighted by atomic mass is 16.5. The zero-order chi connectivity index (χ0) is 15.5. The number of pyridine rings is 1. The van der Waals surface area contributed by atoms with Gasteiger partial charge < -0.3 is 15.4 Å². The minimum absolute atomic E-state index is 0.0985. The second-order valence-corrected chi connectivity index (χ2v) is 4.39.